The molecule has 2 fully saturated rings. The maximum atomic E-state index is 13.2. The van der Waals surface area contributed by atoms with Crippen molar-refractivity contribution >= 4 is 12.5 Å². The molecule has 0 saturated carbocycles. The number of nitrogens with one attached hydrogen (secondary N) is 1. The van der Waals surface area contributed by atoms with E-state index in [1.54, 1.807) is 0 Å². The molecule has 1 amide bonds. The van der Waals surface area contributed by atoms with Crippen molar-refractivity contribution in [3.8, 4) is 0 Å². The second-order valence-corrected chi connectivity index (χ2v) is 8.02. The van der Waals surface area contributed by atoms with E-state index in [1.807, 2.05) is 23.1 Å². The molecule has 4 heteroatoms. The van der Waals surface area contributed by atoms with Crippen LogP contribution in [0.3, 0.4) is 0 Å². The first kappa shape index (κ1) is 18.9. The minimum Gasteiger partial charge on any atom is -0.340 e. The molecule has 28 heavy (non-hydrogen) atoms. The standard InChI is InChI=1S/C24H27FN2O/c25-22-9-7-19(8-10-22)15-21-11-14-27(18-28)23(16-21)24(12-4-13-26-24)17-20-5-2-1-3-6-20/h1-3,5-10,15,18,23,26H,4,11-14,16-17H2/t23?,24-/m0/s1. The smallest absolute Gasteiger partial charge is 0.210 e. The largest absolute Gasteiger partial charge is 0.340 e. The van der Waals surface area contributed by atoms with E-state index in [-0.39, 0.29) is 17.4 Å². The maximum absolute atomic E-state index is 13.2. The molecule has 146 valence electrons. The number of amides is 1. The number of likely N-dealkylation sites (tertiary alicyclic amines) is 1. The van der Waals surface area contributed by atoms with Crippen LogP contribution >= 0.6 is 0 Å². The van der Waals surface area contributed by atoms with E-state index < -0.39 is 0 Å². The Morgan fingerprint density at radius 1 is 1.14 bits per heavy atom. The maximum Gasteiger partial charge on any atom is 0.210 e. The molecular weight excluding hydrogens is 351 g/mol. The van der Waals surface area contributed by atoms with Crippen molar-refractivity contribution in [2.45, 2.75) is 43.7 Å². The van der Waals surface area contributed by atoms with Crippen molar-refractivity contribution in [1.82, 2.24) is 10.2 Å². The summed E-state index contributed by atoms with van der Waals surface area (Å²) in [6.07, 6.45) is 8.04. The molecule has 0 bridgehead atoms. The van der Waals surface area contributed by atoms with Crippen LogP contribution in [0.15, 0.2) is 60.2 Å². The highest BCUT2D eigenvalue weighted by atomic mass is 19.1. The Balaban J connectivity index is 1.61. The van der Waals surface area contributed by atoms with Gasteiger partial charge in [-0.3, -0.25) is 4.79 Å². The van der Waals surface area contributed by atoms with Gasteiger partial charge in [-0.1, -0.05) is 54.1 Å². The Bertz CT molecular complexity index is 825. The summed E-state index contributed by atoms with van der Waals surface area (Å²) >= 11 is 0. The molecule has 0 aliphatic carbocycles. The SMILES string of the molecule is O=CN1CCC(=Cc2ccc(F)cc2)CC1[C@@]1(Cc2ccccc2)CCCN1. The molecule has 2 aliphatic rings. The summed E-state index contributed by atoms with van der Waals surface area (Å²) in [6.45, 7) is 1.73. The number of carbonyl (C=O) groups excluding carboxylic acids is 1. The van der Waals surface area contributed by atoms with Gasteiger partial charge >= 0.3 is 0 Å². The zero-order chi connectivity index (χ0) is 19.4. The normalized spacial score (nSPS) is 26.5. The molecule has 2 heterocycles. The predicted octanol–water partition coefficient (Wildman–Crippen LogP) is 4.19. The highest BCUT2D eigenvalue weighted by molar-refractivity contribution is 5.55. The molecule has 2 atom stereocenters. The second kappa shape index (κ2) is 8.27. The number of benzene rings is 2. The minimum atomic E-state index is -0.215. The van der Waals surface area contributed by atoms with Gasteiger partial charge in [-0.2, -0.15) is 0 Å². The number of hydrogen-bond acceptors (Lipinski definition) is 2. The van der Waals surface area contributed by atoms with Crippen molar-refractivity contribution in [3.05, 3.63) is 77.1 Å². The molecule has 0 aromatic heterocycles. The molecule has 4 rings (SSSR count). The lowest BCUT2D eigenvalue weighted by molar-refractivity contribution is -0.122. The van der Waals surface area contributed by atoms with Gasteiger partial charge in [0.25, 0.3) is 0 Å². The summed E-state index contributed by atoms with van der Waals surface area (Å²) in [5, 5.41) is 3.77. The van der Waals surface area contributed by atoms with E-state index in [4.69, 9.17) is 0 Å². The highest BCUT2D eigenvalue weighted by Crippen LogP contribution is 2.37. The molecule has 0 radical (unpaired) electrons. The van der Waals surface area contributed by atoms with E-state index in [1.165, 1.54) is 23.3 Å². The quantitative estimate of drug-likeness (QED) is 0.791. The van der Waals surface area contributed by atoms with Crippen LogP contribution in [0, 0.1) is 5.82 Å². The molecule has 0 spiro atoms. The average molecular weight is 378 g/mol. The third-order valence-electron chi connectivity index (χ3n) is 6.20. The number of hydrogen-bond donors (Lipinski definition) is 1. The van der Waals surface area contributed by atoms with Crippen LogP contribution in [0.4, 0.5) is 4.39 Å². The molecule has 2 saturated heterocycles. The molecular formula is C24H27FN2O. The van der Waals surface area contributed by atoms with Crippen molar-refractivity contribution in [2.75, 3.05) is 13.1 Å². The summed E-state index contributed by atoms with van der Waals surface area (Å²) in [5.74, 6) is -0.215. The number of halogens is 1. The van der Waals surface area contributed by atoms with Crippen LogP contribution in [-0.2, 0) is 11.2 Å². The van der Waals surface area contributed by atoms with Gasteiger partial charge < -0.3 is 10.2 Å². The first-order valence-corrected chi connectivity index (χ1v) is 10.1. The summed E-state index contributed by atoms with van der Waals surface area (Å²) in [5.41, 5.74) is 3.56. The first-order chi connectivity index (χ1) is 13.7. The van der Waals surface area contributed by atoms with Gasteiger partial charge in [0.05, 0.1) is 6.04 Å². The third kappa shape index (κ3) is 4.02. The van der Waals surface area contributed by atoms with Crippen LogP contribution in [-0.4, -0.2) is 36.0 Å². The fourth-order valence-corrected chi connectivity index (χ4v) is 4.80. The van der Waals surface area contributed by atoms with Gasteiger partial charge in [0, 0.05) is 12.1 Å². The topological polar surface area (TPSA) is 32.3 Å². The van der Waals surface area contributed by atoms with Gasteiger partial charge in [0.2, 0.25) is 6.41 Å². The van der Waals surface area contributed by atoms with Crippen LogP contribution in [0.1, 0.15) is 36.8 Å². The van der Waals surface area contributed by atoms with Crippen LogP contribution in [0.5, 0.6) is 0 Å². The van der Waals surface area contributed by atoms with E-state index in [2.05, 4.69) is 35.7 Å². The molecule has 1 N–H and O–H groups in total. The number of rotatable bonds is 5. The van der Waals surface area contributed by atoms with E-state index >= 15 is 0 Å². The Morgan fingerprint density at radius 3 is 2.61 bits per heavy atom. The lowest BCUT2D eigenvalue weighted by Crippen LogP contribution is -2.60. The van der Waals surface area contributed by atoms with E-state index in [0.29, 0.717) is 0 Å². The highest BCUT2D eigenvalue weighted by Gasteiger charge is 2.45. The van der Waals surface area contributed by atoms with Gasteiger partial charge in [-0.25, -0.2) is 4.39 Å². The van der Waals surface area contributed by atoms with Gasteiger partial charge in [0.15, 0.2) is 0 Å². The summed E-state index contributed by atoms with van der Waals surface area (Å²) in [4.78, 5) is 13.9. The van der Waals surface area contributed by atoms with Crippen molar-refractivity contribution in [1.29, 1.82) is 0 Å². The number of nitrogens with zero attached hydrogens (tertiary/aromatic N) is 1. The minimum absolute atomic E-state index is 0.0927. The zero-order valence-corrected chi connectivity index (χ0v) is 16.1. The van der Waals surface area contributed by atoms with Crippen molar-refractivity contribution < 1.29 is 9.18 Å². The van der Waals surface area contributed by atoms with Crippen molar-refractivity contribution in [3.63, 3.8) is 0 Å². The summed E-state index contributed by atoms with van der Waals surface area (Å²) < 4.78 is 13.2. The Morgan fingerprint density at radius 2 is 1.93 bits per heavy atom. The molecule has 2 aromatic rings. The molecule has 2 aliphatic heterocycles. The van der Waals surface area contributed by atoms with Crippen molar-refractivity contribution in [2.24, 2.45) is 0 Å². The lowest BCUT2D eigenvalue weighted by Gasteiger charge is -2.46. The van der Waals surface area contributed by atoms with Gasteiger partial charge in [0.1, 0.15) is 5.82 Å². The van der Waals surface area contributed by atoms with Crippen LogP contribution in [0.2, 0.25) is 0 Å². The molecule has 3 nitrogen and oxygen atoms in total. The second-order valence-electron chi connectivity index (χ2n) is 8.02. The molecule has 1 unspecified atom stereocenters. The summed E-state index contributed by atoms with van der Waals surface area (Å²) in [6, 6.07) is 17.3. The Labute approximate surface area is 166 Å². The van der Waals surface area contributed by atoms with Gasteiger partial charge in [-0.15, -0.1) is 0 Å². The van der Waals surface area contributed by atoms with E-state index in [0.717, 1.165) is 57.2 Å². The predicted molar refractivity (Wildman–Crippen MR) is 110 cm³/mol. The van der Waals surface area contributed by atoms with Gasteiger partial charge in [-0.05, 0) is 61.9 Å². The fourth-order valence-electron chi connectivity index (χ4n) is 4.80. The average Bonchev–Trinajstić information content (AvgIpc) is 3.20. The van der Waals surface area contributed by atoms with E-state index in [9.17, 15) is 9.18 Å². The third-order valence-corrected chi connectivity index (χ3v) is 6.20. The monoisotopic (exact) mass is 378 g/mol. The zero-order valence-electron chi connectivity index (χ0n) is 16.1. The Kier molecular flexibility index (Phi) is 5.58. The Hall–Kier alpha value is -2.46. The first-order valence-electron chi connectivity index (χ1n) is 10.1. The van der Waals surface area contributed by atoms with Crippen LogP contribution in [0.25, 0.3) is 6.08 Å². The lowest BCUT2D eigenvalue weighted by atomic mass is 9.76. The number of carbonyl (C=O) groups is 1. The van der Waals surface area contributed by atoms with Crippen LogP contribution < -0.4 is 5.32 Å². The number of piperidine rings is 1. The summed E-state index contributed by atoms with van der Waals surface area (Å²) in [7, 11) is 0. The fraction of sp³-hybridized carbons (Fsp3) is 0.375. The molecule has 2 aromatic carbocycles.